The number of hydrogen-bond donors (Lipinski definition) is 1. The van der Waals surface area contributed by atoms with Gasteiger partial charge in [0.25, 0.3) is 5.69 Å². The standard InChI is InChI=1S/C15H21N3O5S/c16-24(21,22)12-3-4-13(14(10-12)18(19)20)17-7-5-11(6-8-17)15-2-1-9-23-15/h3-4,10-11,15H,1-2,5-9H2,(H2,16,21,22). The third-order valence-corrected chi connectivity index (χ3v) is 5.75. The van der Waals surface area contributed by atoms with Gasteiger partial charge in [-0.3, -0.25) is 10.1 Å². The van der Waals surface area contributed by atoms with E-state index in [1.54, 1.807) is 0 Å². The van der Waals surface area contributed by atoms with Gasteiger partial charge in [-0.25, -0.2) is 13.6 Å². The summed E-state index contributed by atoms with van der Waals surface area (Å²) in [7, 11) is -3.97. The monoisotopic (exact) mass is 355 g/mol. The number of nitrogens with zero attached hydrogens (tertiary/aromatic N) is 2. The molecule has 0 radical (unpaired) electrons. The van der Waals surface area contributed by atoms with Crippen LogP contribution in [0.25, 0.3) is 0 Å². The number of sulfonamides is 1. The number of hydrogen-bond acceptors (Lipinski definition) is 6. The average Bonchev–Trinajstić information content (AvgIpc) is 3.08. The lowest BCUT2D eigenvalue weighted by molar-refractivity contribution is -0.384. The van der Waals surface area contributed by atoms with Gasteiger partial charge < -0.3 is 9.64 Å². The number of nitro groups is 1. The van der Waals surface area contributed by atoms with E-state index in [0.717, 1.165) is 38.4 Å². The molecule has 3 rings (SSSR count). The topological polar surface area (TPSA) is 116 Å². The van der Waals surface area contributed by atoms with E-state index in [1.807, 2.05) is 4.90 Å². The maximum atomic E-state index is 11.4. The largest absolute Gasteiger partial charge is 0.378 e. The number of piperidine rings is 1. The first kappa shape index (κ1) is 17.1. The molecule has 2 saturated heterocycles. The van der Waals surface area contributed by atoms with E-state index >= 15 is 0 Å². The molecule has 2 aliphatic heterocycles. The predicted molar refractivity (Wildman–Crippen MR) is 88.4 cm³/mol. The Kier molecular flexibility index (Phi) is 4.75. The highest BCUT2D eigenvalue weighted by molar-refractivity contribution is 7.89. The number of anilines is 1. The van der Waals surface area contributed by atoms with Gasteiger partial charge in [0.05, 0.1) is 15.9 Å². The lowest BCUT2D eigenvalue weighted by atomic mass is 9.89. The summed E-state index contributed by atoms with van der Waals surface area (Å²) in [4.78, 5) is 12.5. The van der Waals surface area contributed by atoms with Crippen molar-refractivity contribution in [1.29, 1.82) is 0 Å². The normalized spacial score (nSPS) is 22.7. The summed E-state index contributed by atoms with van der Waals surface area (Å²) in [6.07, 6.45) is 4.34. The molecule has 2 heterocycles. The molecule has 2 N–H and O–H groups in total. The van der Waals surface area contributed by atoms with Crippen molar-refractivity contribution in [3.63, 3.8) is 0 Å². The van der Waals surface area contributed by atoms with E-state index in [0.29, 0.717) is 30.8 Å². The highest BCUT2D eigenvalue weighted by atomic mass is 32.2. The van der Waals surface area contributed by atoms with Gasteiger partial charge in [-0.15, -0.1) is 0 Å². The summed E-state index contributed by atoms with van der Waals surface area (Å²) in [6.45, 7) is 2.21. The van der Waals surface area contributed by atoms with Crippen LogP contribution < -0.4 is 10.0 Å². The summed E-state index contributed by atoms with van der Waals surface area (Å²) in [6, 6.07) is 3.84. The van der Waals surface area contributed by atoms with Crippen molar-refractivity contribution < 1.29 is 18.1 Å². The van der Waals surface area contributed by atoms with E-state index in [-0.39, 0.29) is 10.6 Å². The summed E-state index contributed by atoms with van der Waals surface area (Å²) in [5.41, 5.74) is 0.218. The first-order valence-corrected chi connectivity index (χ1v) is 9.58. The Morgan fingerprint density at radius 1 is 1.25 bits per heavy atom. The van der Waals surface area contributed by atoms with Gasteiger partial charge in [-0.1, -0.05) is 0 Å². The smallest absolute Gasteiger partial charge is 0.293 e. The molecule has 2 fully saturated rings. The first-order valence-electron chi connectivity index (χ1n) is 8.04. The van der Waals surface area contributed by atoms with Crippen LogP contribution in [0.3, 0.4) is 0 Å². The SMILES string of the molecule is NS(=O)(=O)c1ccc(N2CCC(C3CCCO3)CC2)c([N+](=O)[O-])c1. The van der Waals surface area contributed by atoms with Gasteiger partial charge in [0, 0.05) is 25.8 Å². The van der Waals surface area contributed by atoms with Crippen molar-refractivity contribution in [1.82, 2.24) is 0 Å². The average molecular weight is 355 g/mol. The van der Waals surface area contributed by atoms with Crippen LogP contribution in [-0.4, -0.2) is 39.1 Å². The third-order valence-electron chi connectivity index (χ3n) is 4.84. The number of benzene rings is 1. The Labute approximate surface area is 140 Å². The fraction of sp³-hybridized carbons (Fsp3) is 0.600. The molecule has 0 spiro atoms. The van der Waals surface area contributed by atoms with Crippen LogP contribution in [0.5, 0.6) is 0 Å². The fourth-order valence-corrected chi connectivity index (χ4v) is 4.11. The van der Waals surface area contributed by atoms with Crippen molar-refractivity contribution in [2.45, 2.75) is 36.7 Å². The molecule has 0 aliphatic carbocycles. The molecule has 8 nitrogen and oxygen atoms in total. The van der Waals surface area contributed by atoms with Gasteiger partial charge in [-0.05, 0) is 43.7 Å². The molecule has 2 aliphatic rings. The molecule has 132 valence electrons. The minimum Gasteiger partial charge on any atom is -0.378 e. The zero-order valence-corrected chi connectivity index (χ0v) is 14.1. The Morgan fingerprint density at radius 2 is 1.96 bits per heavy atom. The van der Waals surface area contributed by atoms with Crippen molar-refractivity contribution >= 4 is 21.4 Å². The van der Waals surface area contributed by atoms with Crippen LogP contribution in [0, 0.1) is 16.0 Å². The lowest BCUT2D eigenvalue weighted by Gasteiger charge is -2.35. The molecule has 9 heteroatoms. The van der Waals surface area contributed by atoms with E-state index in [4.69, 9.17) is 9.88 Å². The van der Waals surface area contributed by atoms with Crippen LogP contribution in [0.2, 0.25) is 0 Å². The lowest BCUT2D eigenvalue weighted by Crippen LogP contribution is -2.38. The Morgan fingerprint density at radius 3 is 2.50 bits per heavy atom. The number of rotatable bonds is 4. The van der Waals surface area contributed by atoms with Crippen LogP contribution in [0.1, 0.15) is 25.7 Å². The minimum atomic E-state index is -3.97. The predicted octanol–water partition coefficient (Wildman–Crippen LogP) is 1.64. The molecule has 0 saturated carbocycles. The molecule has 0 bridgehead atoms. The van der Waals surface area contributed by atoms with E-state index in [1.165, 1.54) is 12.1 Å². The van der Waals surface area contributed by atoms with Crippen molar-refractivity contribution in [3.8, 4) is 0 Å². The Hall–Kier alpha value is -1.71. The third kappa shape index (κ3) is 3.52. The summed E-state index contributed by atoms with van der Waals surface area (Å²) >= 11 is 0. The molecule has 0 aromatic heterocycles. The quantitative estimate of drug-likeness (QED) is 0.648. The highest BCUT2D eigenvalue weighted by Gasteiger charge is 2.31. The molecule has 1 unspecified atom stereocenters. The molecular formula is C15H21N3O5S. The second kappa shape index (κ2) is 6.66. The Bertz CT molecular complexity index is 723. The zero-order valence-electron chi connectivity index (χ0n) is 13.3. The van der Waals surface area contributed by atoms with Gasteiger partial charge in [0.15, 0.2) is 0 Å². The van der Waals surface area contributed by atoms with Gasteiger partial charge >= 0.3 is 0 Å². The van der Waals surface area contributed by atoms with E-state index in [2.05, 4.69) is 0 Å². The zero-order chi connectivity index (χ0) is 17.3. The maximum absolute atomic E-state index is 11.4. The van der Waals surface area contributed by atoms with Crippen molar-refractivity contribution in [2.75, 3.05) is 24.6 Å². The minimum absolute atomic E-state index is 0.225. The molecule has 1 aromatic rings. The van der Waals surface area contributed by atoms with Crippen LogP contribution in [0.4, 0.5) is 11.4 Å². The van der Waals surface area contributed by atoms with Crippen molar-refractivity contribution in [2.24, 2.45) is 11.1 Å². The summed E-state index contributed by atoms with van der Waals surface area (Å²) < 4.78 is 28.6. The van der Waals surface area contributed by atoms with Crippen LogP contribution in [-0.2, 0) is 14.8 Å². The number of primary sulfonamides is 1. The van der Waals surface area contributed by atoms with Gasteiger partial charge in [0.1, 0.15) is 5.69 Å². The molecule has 24 heavy (non-hydrogen) atoms. The number of nitrogens with two attached hydrogens (primary N) is 1. The van der Waals surface area contributed by atoms with Crippen molar-refractivity contribution in [3.05, 3.63) is 28.3 Å². The fourth-order valence-electron chi connectivity index (χ4n) is 3.58. The Balaban J connectivity index is 1.78. The molecule has 1 atom stereocenters. The van der Waals surface area contributed by atoms with Crippen LogP contribution in [0.15, 0.2) is 23.1 Å². The highest BCUT2D eigenvalue weighted by Crippen LogP contribution is 2.35. The van der Waals surface area contributed by atoms with Gasteiger partial charge in [0.2, 0.25) is 10.0 Å². The number of nitro benzene ring substituents is 1. The van der Waals surface area contributed by atoms with Gasteiger partial charge in [-0.2, -0.15) is 0 Å². The number of ether oxygens (including phenoxy) is 1. The molecule has 0 amide bonds. The van der Waals surface area contributed by atoms with E-state index in [9.17, 15) is 18.5 Å². The van der Waals surface area contributed by atoms with E-state index < -0.39 is 14.9 Å². The first-order chi connectivity index (χ1) is 11.4. The second-order valence-corrected chi connectivity index (χ2v) is 7.89. The van der Waals surface area contributed by atoms with Crippen LogP contribution >= 0.6 is 0 Å². The summed E-state index contributed by atoms with van der Waals surface area (Å²) in [5, 5.41) is 16.4. The maximum Gasteiger partial charge on any atom is 0.293 e. The summed E-state index contributed by atoms with van der Waals surface area (Å²) in [5.74, 6) is 0.492. The second-order valence-electron chi connectivity index (χ2n) is 6.33. The molecule has 1 aromatic carbocycles. The molecular weight excluding hydrogens is 334 g/mol.